The van der Waals surface area contributed by atoms with E-state index in [2.05, 4.69) is 32.2 Å². The van der Waals surface area contributed by atoms with Crippen LogP contribution in [-0.2, 0) is 50.3 Å². The number of ether oxygens (including phenoxy) is 5. The molecule has 5 aliphatic rings. The summed E-state index contributed by atoms with van der Waals surface area (Å²) in [5.74, 6) is -2.46. The number of nitrogens with zero attached hydrogens (tertiary/aromatic N) is 1. The zero-order valence-corrected chi connectivity index (χ0v) is 43.4. The average molecular weight is 993 g/mol. The van der Waals surface area contributed by atoms with Crippen molar-refractivity contribution in [1.82, 2.24) is 10.2 Å². The lowest BCUT2D eigenvalue weighted by Gasteiger charge is -2.53. The number of likely N-dealkylation sites (N-methyl/N-ethyl adjacent to an activating group) is 1. The monoisotopic (exact) mass is 993 g/mol. The normalized spacial score (nSPS) is 27.1. The molecule has 4 aromatic rings. The fourth-order valence-electron chi connectivity index (χ4n) is 11.8. The van der Waals surface area contributed by atoms with Gasteiger partial charge in [-0.15, -0.1) is 0 Å². The molecule has 0 radical (unpaired) electrons. The predicted octanol–water partition coefficient (Wildman–Crippen LogP) is 9.67. The highest BCUT2D eigenvalue weighted by Crippen LogP contribution is 2.60. The van der Waals surface area contributed by atoms with Crippen LogP contribution in [0.4, 0.5) is 0 Å². The summed E-state index contributed by atoms with van der Waals surface area (Å²) in [5.41, 5.74) is 4.55. The molecule has 4 fully saturated rings. The Morgan fingerprint density at radius 3 is 2.14 bits per heavy atom. The van der Waals surface area contributed by atoms with Gasteiger partial charge in [-0.2, -0.15) is 0 Å². The predicted molar refractivity (Wildman–Crippen MR) is 278 cm³/mol. The molecule has 4 aromatic carbocycles. The van der Waals surface area contributed by atoms with Crippen LogP contribution in [-0.4, -0.2) is 95.1 Å². The number of epoxide rings is 1. The number of esters is 2. The fraction of sp³-hybridized carbons (Fsp3) is 0.475. The van der Waals surface area contributed by atoms with Gasteiger partial charge >= 0.3 is 11.9 Å². The first-order chi connectivity index (χ1) is 34.9. The van der Waals surface area contributed by atoms with E-state index >= 15 is 4.79 Å². The van der Waals surface area contributed by atoms with Gasteiger partial charge in [-0.3, -0.25) is 14.4 Å². The van der Waals surface area contributed by atoms with E-state index in [-0.39, 0.29) is 48.4 Å². The highest BCUT2D eigenvalue weighted by molar-refractivity contribution is 5.98. The summed E-state index contributed by atoms with van der Waals surface area (Å²) in [6.07, 6.45) is 6.80. The van der Waals surface area contributed by atoms with Crippen LogP contribution in [0.3, 0.4) is 0 Å². The van der Waals surface area contributed by atoms with E-state index < -0.39 is 72.1 Å². The SMILES string of the molecule is CN(C(=O)C1=CC2OC(c3ccccc3)(c3ccccc3)OC2C(OC(=O)c2ccccc2C=C2CCC3OC3(C)CCC3C2CC3(C)C)C1)C(Cc1ccccc1)C(=O)NC(CO)CCC(=O)OC(C)(C)C. The molecular formula is C61H72N2O10. The fourth-order valence-corrected chi connectivity index (χ4v) is 11.8. The number of nitrogens with one attached hydrogen (secondary N) is 1. The Balaban J connectivity index is 1.03. The summed E-state index contributed by atoms with van der Waals surface area (Å²) in [7, 11) is 1.58. The molecule has 2 heterocycles. The third kappa shape index (κ3) is 11.4. The Kier molecular flexibility index (Phi) is 15.0. The van der Waals surface area contributed by atoms with Crippen LogP contribution in [0.5, 0.6) is 0 Å². The maximum Gasteiger partial charge on any atom is 0.339 e. The van der Waals surface area contributed by atoms with Gasteiger partial charge in [0.25, 0.3) is 0 Å². The van der Waals surface area contributed by atoms with Gasteiger partial charge in [-0.1, -0.05) is 135 Å². The molecule has 73 heavy (non-hydrogen) atoms. The average Bonchev–Trinajstić information content (AvgIpc) is 3.83. The second-order valence-corrected chi connectivity index (χ2v) is 22.7. The summed E-state index contributed by atoms with van der Waals surface area (Å²) in [4.78, 5) is 58.5. The summed E-state index contributed by atoms with van der Waals surface area (Å²) in [5, 5.41) is 13.3. The molecule has 386 valence electrons. The van der Waals surface area contributed by atoms with Gasteiger partial charge in [-0.05, 0) is 107 Å². The summed E-state index contributed by atoms with van der Waals surface area (Å²) >= 11 is 0. The number of hydrogen-bond acceptors (Lipinski definition) is 10. The quantitative estimate of drug-likeness (QED) is 0.0870. The van der Waals surface area contributed by atoms with Crippen LogP contribution < -0.4 is 5.32 Å². The van der Waals surface area contributed by atoms with Crippen molar-refractivity contribution in [1.29, 1.82) is 0 Å². The van der Waals surface area contributed by atoms with E-state index in [1.165, 1.54) is 10.5 Å². The molecule has 2 amide bonds. The number of carbonyl (C=O) groups is 4. The molecular weight excluding hydrogens is 921 g/mol. The summed E-state index contributed by atoms with van der Waals surface area (Å²) in [6, 6.07) is 34.3. The van der Waals surface area contributed by atoms with Crippen LogP contribution in [0.2, 0.25) is 0 Å². The van der Waals surface area contributed by atoms with Gasteiger partial charge in [0.2, 0.25) is 17.6 Å². The van der Waals surface area contributed by atoms with E-state index in [4.69, 9.17) is 23.7 Å². The standard InChI is InChI=1S/C61H72N2O10/c1-58(2,3)72-53(65)30-28-45(38-64)62-55(66)49(33-39-19-11-8-12-20-39)63(7)56(67)42-35-50(54-51(36-42)70-61(73-54,43-22-13-9-14-23-43)44-24-15-10-16-25-44)69-57(68)46-26-18-17-21-40(46)34-41-27-29-52-60(6,71-52)32-31-48-47(41)37-59(48,4)5/h8-26,34,36,45,47-52,54,64H,27-33,35,37-38H2,1-7H3,(H,62,66). The van der Waals surface area contributed by atoms with Crippen molar-refractivity contribution in [2.75, 3.05) is 13.7 Å². The number of rotatable bonds is 15. The largest absolute Gasteiger partial charge is 0.460 e. The number of aliphatic hydroxyl groups excluding tert-OH is 1. The van der Waals surface area contributed by atoms with Crippen LogP contribution in [0.25, 0.3) is 6.08 Å². The van der Waals surface area contributed by atoms with Gasteiger partial charge < -0.3 is 39.0 Å². The van der Waals surface area contributed by atoms with E-state index in [9.17, 15) is 19.5 Å². The van der Waals surface area contributed by atoms with E-state index in [1.807, 2.05) is 109 Å². The zero-order chi connectivity index (χ0) is 51.7. The van der Waals surface area contributed by atoms with Crippen LogP contribution in [0, 0.1) is 17.3 Å². The molecule has 0 aromatic heterocycles. The van der Waals surface area contributed by atoms with Crippen molar-refractivity contribution >= 4 is 29.8 Å². The Labute approximate surface area is 430 Å². The molecule has 0 spiro atoms. The zero-order valence-electron chi connectivity index (χ0n) is 43.4. The molecule has 3 aliphatic carbocycles. The topological polar surface area (TPSA) is 153 Å². The van der Waals surface area contributed by atoms with E-state index in [0.717, 1.165) is 54.4 Å². The summed E-state index contributed by atoms with van der Waals surface area (Å²) in [6.45, 7) is 11.9. The number of carbonyl (C=O) groups excluding carboxylic acids is 4. The Bertz CT molecular complexity index is 2660. The smallest absolute Gasteiger partial charge is 0.339 e. The lowest BCUT2D eigenvalue weighted by molar-refractivity contribution is -0.157. The number of amides is 2. The lowest BCUT2D eigenvalue weighted by atomic mass is 9.52. The van der Waals surface area contributed by atoms with Gasteiger partial charge in [0, 0.05) is 43.0 Å². The molecule has 9 unspecified atom stereocenters. The van der Waals surface area contributed by atoms with Gasteiger partial charge in [0.15, 0.2) is 0 Å². The third-order valence-electron chi connectivity index (χ3n) is 15.9. The second kappa shape index (κ2) is 21.1. The highest BCUT2D eigenvalue weighted by atomic mass is 16.8. The minimum absolute atomic E-state index is 0.0252. The highest BCUT2D eigenvalue weighted by Gasteiger charge is 2.57. The lowest BCUT2D eigenvalue weighted by Crippen LogP contribution is -2.53. The van der Waals surface area contributed by atoms with Crippen LogP contribution >= 0.6 is 0 Å². The molecule has 2 saturated heterocycles. The Hall–Kier alpha value is -5.92. The number of hydrogen-bond donors (Lipinski definition) is 2. The first kappa shape index (κ1) is 52.0. The van der Waals surface area contributed by atoms with Gasteiger partial charge in [-0.25, -0.2) is 4.79 Å². The first-order valence-corrected chi connectivity index (χ1v) is 26.2. The number of fused-ring (bicyclic) bond motifs is 3. The van der Waals surface area contributed by atoms with Crippen molar-refractivity contribution < 1.29 is 48.0 Å². The molecule has 9 atom stereocenters. The van der Waals surface area contributed by atoms with Crippen molar-refractivity contribution in [2.45, 2.75) is 153 Å². The second-order valence-electron chi connectivity index (χ2n) is 22.7. The number of aliphatic hydroxyl groups is 1. The van der Waals surface area contributed by atoms with E-state index in [1.54, 1.807) is 40.0 Å². The molecule has 12 heteroatoms. The third-order valence-corrected chi connectivity index (χ3v) is 15.9. The Morgan fingerprint density at radius 1 is 0.849 bits per heavy atom. The molecule has 12 nitrogen and oxygen atoms in total. The van der Waals surface area contributed by atoms with Gasteiger partial charge in [0.05, 0.1) is 29.9 Å². The van der Waals surface area contributed by atoms with Crippen LogP contribution in [0.1, 0.15) is 126 Å². The minimum Gasteiger partial charge on any atom is -0.460 e. The van der Waals surface area contributed by atoms with Crippen molar-refractivity contribution in [2.24, 2.45) is 17.3 Å². The van der Waals surface area contributed by atoms with Crippen molar-refractivity contribution in [3.05, 3.63) is 160 Å². The number of allylic oxidation sites excluding steroid dienone is 1. The molecule has 0 bridgehead atoms. The van der Waals surface area contributed by atoms with Gasteiger partial charge in [0.1, 0.15) is 30.0 Å². The van der Waals surface area contributed by atoms with Crippen molar-refractivity contribution in [3.63, 3.8) is 0 Å². The molecule has 9 rings (SSSR count). The minimum atomic E-state index is -1.43. The molecule has 2 N–H and O–H groups in total. The van der Waals surface area contributed by atoms with Crippen LogP contribution in [0.15, 0.2) is 132 Å². The number of benzene rings is 4. The first-order valence-electron chi connectivity index (χ1n) is 26.2. The Morgan fingerprint density at radius 2 is 1.49 bits per heavy atom. The molecule has 2 saturated carbocycles. The maximum absolute atomic E-state index is 15.1. The molecule has 2 aliphatic heterocycles. The maximum atomic E-state index is 15.1. The van der Waals surface area contributed by atoms with Crippen molar-refractivity contribution in [3.8, 4) is 0 Å². The summed E-state index contributed by atoms with van der Waals surface area (Å²) < 4.78 is 32.5. The van der Waals surface area contributed by atoms with E-state index in [0.29, 0.717) is 17.4 Å².